The summed E-state index contributed by atoms with van der Waals surface area (Å²) >= 11 is 4.63. The van der Waals surface area contributed by atoms with E-state index in [9.17, 15) is 9.59 Å². The normalized spacial score (nSPS) is 28.8. The van der Waals surface area contributed by atoms with Crippen LogP contribution in [-0.4, -0.2) is 21.9 Å². The molecule has 0 radical (unpaired) electrons. The summed E-state index contributed by atoms with van der Waals surface area (Å²) in [5, 5.41) is 0.898. The Morgan fingerprint density at radius 2 is 2.12 bits per heavy atom. The van der Waals surface area contributed by atoms with E-state index in [2.05, 4.69) is 17.6 Å². The van der Waals surface area contributed by atoms with E-state index in [1.807, 2.05) is 13.0 Å². The molecule has 2 atom stereocenters. The molecule has 2 amide bonds. The molecule has 3 N–H and O–H groups in total. The van der Waals surface area contributed by atoms with Crippen molar-refractivity contribution in [3.63, 3.8) is 0 Å². The van der Waals surface area contributed by atoms with Gasteiger partial charge in [-0.25, -0.2) is 0 Å². The minimum Gasteiger partial charge on any atom is -0.375 e. The molecular weight excluding hydrogens is 226 g/mol. The van der Waals surface area contributed by atoms with E-state index < -0.39 is 0 Å². The van der Waals surface area contributed by atoms with Crippen LogP contribution in [-0.2, 0) is 9.59 Å². The van der Waals surface area contributed by atoms with Crippen molar-refractivity contribution in [3.05, 3.63) is 11.6 Å². The number of hydrogen-bond donors (Lipinski definition) is 2. The van der Waals surface area contributed by atoms with Crippen molar-refractivity contribution in [3.8, 4) is 0 Å². The minimum atomic E-state index is -0.252. The highest BCUT2D eigenvalue weighted by Gasteiger charge is 2.48. The number of hydrazine groups is 1. The number of carbonyl (C=O) groups excluding carboxylic acids is 2. The lowest BCUT2D eigenvalue weighted by Gasteiger charge is -2.18. The molecule has 0 aromatic rings. The Kier molecular flexibility index (Phi) is 2.67. The zero-order chi connectivity index (χ0) is 11.9. The van der Waals surface area contributed by atoms with E-state index in [1.54, 1.807) is 0 Å². The molecule has 1 aliphatic carbocycles. The van der Waals surface area contributed by atoms with Gasteiger partial charge in [-0.1, -0.05) is 11.6 Å². The maximum Gasteiger partial charge on any atom is 0.252 e. The van der Waals surface area contributed by atoms with Crippen molar-refractivity contribution in [1.82, 2.24) is 10.4 Å². The number of fused-ring (bicyclic) bond motifs is 1. The zero-order valence-corrected chi connectivity index (χ0v) is 9.71. The molecule has 2 rings (SSSR count). The predicted octanol–water partition coefficient (Wildman–Crippen LogP) is 0.0759. The molecule has 0 saturated carbocycles. The van der Waals surface area contributed by atoms with Crippen molar-refractivity contribution < 1.29 is 9.59 Å². The van der Waals surface area contributed by atoms with Gasteiger partial charge in [-0.3, -0.25) is 15.0 Å². The largest absolute Gasteiger partial charge is 0.375 e. The lowest BCUT2D eigenvalue weighted by Crippen LogP contribution is -2.48. The van der Waals surface area contributed by atoms with Gasteiger partial charge < -0.3 is 5.73 Å². The Bertz CT molecular complexity index is 405. The SMILES string of the molecule is CC1=CC[C@@H]2C(=O)N(NC(N)=S)C(=O)[C@@H]2C1. The molecule has 0 aromatic carbocycles. The van der Waals surface area contributed by atoms with E-state index in [0.717, 1.165) is 10.6 Å². The molecule has 0 bridgehead atoms. The van der Waals surface area contributed by atoms with Crippen molar-refractivity contribution in [2.75, 3.05) is 0 Å². The Labute approximate surface area is 98.6 Å². The highest BCUT2D eigenvalue weighted by molar-refractivity contribution is 7.80. The second kappa shape index (κ2) is 3.86. The summed E-state index contributed by atoms with van der Waals surface area (Å²) in [7, 11) is 0. The molecule has 5 nitrogen and oxygen atoms in total. The number of nitrogens with one attached hydrogen (secondary N) is 1. The number of hydrogen-bond acceptors (Lipinski definition) is 3. The smallest absolute Gasteiger partial charge is 0.252 e. The average molecular weight is 239 g/mol. The molecular formula is C10H13N3O2S. The first-order chi connectivity index (χ1) is 7.50. The first kappa shape index (κ1) is 11.1. The van der Waals surface area contributed by atoms with Crippen molar-refractivity contribution in [1.29, 1.82) is 0 Å². The van der Waals surface area contributed by atoms with Gasteiger partial charge in [0.05, 0.1) is 11.8 Å². The number of imide groups is 1. The number of nitrogens with zero attached hydrogens (tertiary/aromatic N) is 1. The number of amides is 2. The van der Waals surface area contributed by atoms with Gasteiger partial charge in [0.25, 0.3) is 11.8 Å². The van der Waals surface area contributed by atoms with Gasteiger partial charge in [0.2, 0.25) is 0 Å². The summed E-state index contributed by atoms with van der Waals surface area (Å²) in [6, 6.07) is 0. The van der Waals surface area contributed by atoms with Gasteiger partial charge in [-0.15, -0.1) is 0 Å². The monoisotopic (exact) mass is 239 g/mol. The van der Waals surface area contributed by atoms with Crippen LogP contribution in [0.3, 0.4) is 0 Å². The second-order valence-corrected chi connectivity index (χ2v) is 4.63. The van der Waals surface area contributed by atoms with Crippen LogP contribution in [0.25, 0.3) is 0 Å². The third kappa shape index (κ3) is 1.69. The Morgan fingerprint density at radius 3 is 2.75 bits per heavy atom. The topological polar surface area (TPSA) is 75.4 Å². The highest BCUT2D eigenvalue weighted by Crippen LogP contribution is 2.36. The van der Waals surface area contributed by atoms with Gasteiger partial charge >= 0.3 is 0 Å². The molecule has 0 unspecified atom stereocenters. The van der Waals surface area contributed by atoms with E-state index in [-0.39, 0.29) is 28.8 Å². The first-order valence-corrected chi connectivity index (χ1v) is 5.51. The first-order valence-electron chi connectivity index (χ1n) is 5.10. The summed E-state index contributed by atoms with van der Waals surface area (Å²) in [4.78, 5) is 23.8. The zero-order valence-electron chi connectivity index (χ0n) is 8.90. The fraction of sp³-hybridized carbons (Fsp3) is 0.500. The number of carbonyl (C=O) groups is 2. The second-order valence-electron chi connectivity index (χ2n) is 4.19. The maximum atomic E-state index is 11.9. The van der Waals surface area contributed by atoms with Crippen LogP contribution in [0, 0.1) is 11.8 Å². The summed E-state index contributed by atoms with van der Waals surface area (Å²) in [5.41, 5.74) is 8.86. The van der Waals surface area contributed by atoms with Crippen LogP contribution in [0.15, 0.2) is 11.6 Å². The molecule has 6 heteroatoms. The van der Waals surface area contributed by atoms with Crippen molar-refractivity contribution >= 4 is 29.1 Å². The van der Waals surface area contributed by atoms with E-state index in [0.29, 0.717) is 12.8 Å². The Balaban J connectivity index is 2.21. The van der Waals surface area contributed by atoms with Crippen LogP contribution in [0.4, 0.5) is 0 Å². The molecule has 1 saturated heterocycles. The van der Waals surface area contributed by atoms with Crippen LogP contribution < -0.4 is 11.2 Å². The minimum absolute atomic E-state index is 0.0648. The quantitative estimate of drug-likeness (QED) is 0.385. The van der Waals surface area contributed by atoms with E-state index >= 15 is 0 Å². The van der Waals surface area contributed by atoms with E-state index in [1.165, 1.54) is 0 Å². The van der Waals surface area contributed by atoms with Crippen LogP contribution in [0.1, 0.15) is 19.8 Å². The summed E-state index contributed by atoms with van der Waals surface area (Å²) in [6.45, 7) is 1.97. The Morgan fingerprint density at radius 1 is 1.50 bits per heavy atom. The lowest BCUT2D eigenvalue weighted by atomic mass is 9.82. The van der Waals surface area contributed by atoms with Gasteiger partial charge in [0.1, 0.15) is 0 Å². The standard InChI is InChI=1S/C10H13N3O2S/c1-5-2-3-6-7(4-5)9(15)13(8(6)14)12-10(11)16/h2,6-7H,3-4H2,1H3,(H3,11,12,16)/t6-,7+/m0/s1. The van der Waals surface area contributed by atoms with Crippen LogP contribution in [0.5, 0.6) is 0 Å². The average Bonchev–Trinajstić information content (AvgIpc) is 2.43. The van der Waals surface area contributed by atoms with Crippen LogP contribution >= 0.6 is 12.2 Å². The van der Waals surface area contributed by atoms with Gasteiger partial charge in [0, 0.05) is 0 Å². The Hall–Kier alpha value is -1.43. The number of allylic oxidation sites excluding steroid dienone is 2. The predicted molar refractivity (Wildman–Crippen MR) is 61.7 cm³/mol. The molecule has 1 heterocycles. The molecule has 0 spiro atoms. The highest BCUT2D eigenvalue weighted by atomic mass is 32.1. The van der Waals surface area contributed by atoms with Crippen LogP contribution in [0.2, 0.25) is 0 Å². The summed E-state index contributed by atoms with van der Waals surface area (Å²) in [5.74, 6) is -0.959. The number of thiocarbonyl (C=S) groups is 1. The van der Waals surface area contributed by atoms with Gasteiger partial charge in [0.15, 0.2) is 5.11 Å². The maximum absolute atomic E-state index is 11.9. The molecule has 16 heavy (non-hydrogen) atoms. The lowest BCUT2D eigenvalue weighted by molar-refractivity contribution is -0.142. The number of rotatable bonds is 1. The molecule has 2 aliphatic rings. The van der Waals surface area contributed by atoms with Crippen molar-refractivity contribution in [2.24, 2.45) is 17.6 Å². The van der Waals surface area contributed by atoms with Crippen molar-refractivity contribution in [2.45, 2.75) is 19.8 Å². The summed E-state index contributed by atoms with van der Waals surface area (Å²) < 4.78 is 0. The molecule has 1 aliphatic heterocycles. The van der Waals surface area contributed by atoms with Gasteiger partial charge in [-0.05, 0) is 32.0 Å². The van der Waals surface area contributed by atoms with Gasteiger partial charge in [-0.2, -0.15) is 5.01 Å². The number of nitrogens with two attached hydrogens (primary N) is 1. The molecule has 86 valence electrons. The summed E-state index contributed by atoms with van der Waals surface area (Å²) in [6.07, 6.45) is 3.28. The molecule has 1 fully saturated rings. The third-order valence-electron chi connectivity index (χ3n) is 3.05. The fourth-order valence-corrected chi connectivity index (χ4v) is 2.35. The fourth-order valence-electron chi connectivity index (χ4n) is 2.26. The molecule has 0 aromatic heterocycles. The third-order valence-corrected chi connectivity index (χ3v) is 3.14. The van der Waals surface area contributed by atoms with E-state index in [4.69, 9.17) is 5.73 Å².